The summed E-state index contributed by atoms with van der Waals surface area (Å²) in [5.74, 6) is 0. The van der Waals surface area contributed by atoms with E-state index in [4.69, 9.17) is 0 Å². The van der Waals surface area contributed by atoms with E-state index in [-0.39, 0.29) is 0 Å². The van der Waals surface area contributed by atoms with Crippen LogP contribution in [-0.2, 0) is 6.54 Å². The van der Waals surface area contributed by atoms with Gasteiger partial charge >= 0.3 is 0 Å². The van der Waals surface area contributed by atoms with E-state index in [0.29, 0.717) is 6.04 Å². The van der Waals surface area contributed by atoms with Crippen LogP contribution in [-0.4, -0.2) is 35.4 Å². The molecule has 0 radical (unpaired) electrons. The zero-order valence-electron chi connectivity index (χ0n) is 10.5. The van der Waals surface area contributed by atoms with E-state index in [2.05, 4.69) is 25.8 Å². The standard InChI is InChI=1S/C13H22N2O/c1-12(2)14(3)8-4-5-9-15-10-6-7-13(15)11-16/h6-7,10-12H,4-5,8-9H2,1-3H3. The summed E-state index contributed by atoms with van der Waals surface area (Å²) in [6, 6.07) is 4.38. The van der Waals surface area contributed by atoms with Crippen LogP contribution in [0, 0.1) is 0 Å². The summed E-state index contributed by atoms with van der Waals surface area (Å²) in [6.07, 6.45) is 5.17. The third-order valence-electron chi connectivity index (χ3n) is 3.03. The van der Waals surface area contributed by atoms with Crippen LogP contribution >= 0.6 is 0 Å². The van der Waals surface area contributed by atoms with Crippen molar-refractivity contribution >= 4 is 6.29 Å². The second kappa shape index (κ2) is 6.48. The van der Waals surface area contributed by atoms with Crippen molar-refractivity contribution in [3.8, 4) is 0 Å². The van der Waals surface area contributed by atoms with Crippen LogP contribution in [0.5, 0.6) is 0 Å². The molecule has 16 heavy (non-hydrogen) atoms. The first-order valence-corrected chi connectivity index (χ1v) is 5.95. The van der Waals surface area contributed by atoms with Gasteiger partial charge in [-0.1, -0.05) is 0 Å². The van der Waals surface area contributed by atoms with Crippen LogP contribution in [0.25, 0.3) is 0 Å². The van der Waals surface area contributed by atoms with Gasteiger partial charge in [-0.05, 0) is 52.4 Å². The molecule has 1 rings (SSSR count). The van der Waals surface area contributed by atoms with Crippen molar-refractivity contribution in [1.82, 2.24) is 9.47 Å². The number of unbranched alkanes of at least 4 members (excludes halogenated alkanes) is 1. The smallest absolute Gasteiger partial charge is 0.166 e. The molecule has 3 nitrogen and oxygen atoms in total. The molecular formula is C13H22N2O. The average Bonchev–Trinajstić information content (AvgIpc) is 2.71. The Balaban J connectivity index is 2.23. The van der Waals surface area contributed by atoms with Crippen molar-refractivity contribution in [3.05, 3.63) is 24.0 Å². The maximum Gasteiger partial charge on any atom is 0.166 e. The first-order chi connectivity index (χ1) is 7.65. The number of hydrogen-bond acceptors (Lipinski definition) is 2. The van der Waals surface area contributed by atoms with Crippen molar-refractivity contribution < 1.29 is 4.79 Å². The number of hydrogen-bond donors (Lipinski definition) is 0. The van der Waals surface area contributed by atoms with Gasteiger partial charge in [0.2, 0.25) is 0 Å². The van der Waals surface area contributed by atoms with Gasteiger partial charge in [-0.15, -0.1) is 0 Å². The zero-order valence-corrected chi connectivity index (χ0v) is 10.5. The average molecular weight is 222 g/mol. The summed E-state index contributed by atoms with van der Waals surface area (Å²) >= 11 is 0. The molecule has 1 aromatic heterocycles. The Hall–Kier alpha value is -1.09. The molecular weight excluding hydrogens is 200 g/mol. The Morgan fingerprint density at radius 3 is 2.81 bits per heavy atom. The SMILES string of the molecule is CC(C)N(C)CCCCn1cccc1C=O. The van der Waals surface area contributed by atoms with Gasteiger partial charge in [0, 0.05) is 18.8 Å². The molecule has 1 heterocycles. The molecule has 0 saturated carbocycles. The molecule has 0 N–H and O–H groups in total. The molecule has 1 aromatic rings. The van der Waals surface area contributed by atoms with E-state index in [9.17, 15) is 4.79 Å². The summed E-state index contributed by atoms with van der Waals surface area (Å²) in [4.78, 5) is 13.0. The number of aromatic nitrogens is 1. The fraction of sp³-hybridized carbons (Fsp3) is 0.615. The molecule has 0 saturated heterocycles. The number of nitrogens with zero attached hydrogens (tertiary/aromatic N) is 2. The molecule has 0 spiro atoms. The lowest BCUT2D eigenvalue weighted by molar-refractivity contribution is 0.111. The van der Waals surface area contributed by atoms with Gasteiger partial charge < -0.3 is 9.47 Å². The van der Waals surface area contributed by atoms with Crippen LogP contribution in [0.4, 0.5) is 0 Å². The predicted octanol–water partition coefficient (Wildman–Crippen LogP) is 2.42. The Morgan fingerprint density at radius 1 is 1.44 bits per heavy atom. The third-order valence-corrected chi connectivity index (χ3v) is 3.03. The van der Waals surface area contributed by atoms with Gasteiger partial charge in [-0.3, -0.25) is 4.79 Å². The van der Waals surface area contributed by atoms with Crippen LogP contribution in [0.2, 0.25) is 0 Å². The number of rotatable bonds is 7. The largest absolute Gasteiger partial charge is 0.345 e. The number of aldehydes is 1. The highest BCUT2D eigenvalue weighted by molar-refractivity contribution is 5.72. The Labute approximate surface area is 98.1 Å². The minimum absolute atomic E-state index is 0.608. The van der Waals surface area contributed by atoms with Crippen LogP contribution < -0.4 is 0 Å². The zero-order chi connectivity index (χ0) is 12.0. The molecule has 90 valence electrons. The molecule has 0 aromatic carbocycles. The van der Waals surface area contributed by atoms with Crippen LogP contribution in [0.3, 0.4) is 0 Å². The van der Waals surface area contributed by atoms with Gasteiger partial charge in [0.25, 0.3) is 0 Å². The first kappa shape index (κ1) is 13.0. The van der Waals surface area contributed by atoms with Crippen LogP contribution in [0.15, 0.2) is 18.3 Å². The Bertz CT molecular complexity index is 317. The minimum atomic E-state index is 0.608. The molecule has 0 bridgehead atoms. The topological polar surface area (TPSA) is 25.2 Å². The van der Waals surface area contributed by atoms with E-state index in [1.807, 2.05) is 22.9 Å². The fourth-order valence-electron chi connectivity index (χ4n) is 1.64. The van der Waals surface area contributed by atoms with Crippen molar-refractivity contribution in [2.75, 3.05) is 13.6 Å². The summed E-state index contributed by atoms with van der Waals surface area (Å²) < 4.78 is 2.02. The Kier molecular flexibility index (Phi) is 5.26. The molecule has 0 aliphatic rings. The summed E-state index contributed by atoms with van der Waals surface area (Å²) in [5.41, 5.74) is 0.775. The van der Waals surface area contributed by atoms with Crippen molar-refractivity contribution in [2.24, 2.45) is 0 Å². The minimum Gasteiger partial charge on any atom is -0.345 e. The summed E-state index contributed by atoms with van der Waals surface area (Å²) in [7, 11) is 2.15. The van der Waals surface area contributed by atoms with Gasteiger partial charge in [-0.25, -0.2) is 0 Å². The summed E-state index contributed by atoms with van der Waals surface area (Å²) in [5, 5.41) is 0. The molecule has 0 aliphatic carbocycles. The van der Waals surface area contributed by atoms with Crippen molar-refractivity contribution in [3.63, 3.8) is 0 Å². The fourth-order valence-corrected chi connectivity index (χ4v) is 1.64. The number of aryl methyl sites for hydroxylation is 1. The van der Waals surface area contributed by atoms with E-state index in [1.54, 1.807) is 0 Å². The highest BCUT2D eigenvalue weighted by Gasteiger charge is 2.03. The number of carbonyl (C=O) groups excluding carboxylic acids is 1. The second-order valence-corrected chi connectivity index (χ2v) is 4.53. The van der Waals surface area contributed by atoms with Gasteiger partial charge in [0.05, 0.1) is 5.69 Å². The van der Waals surface area contributed by atoms with Crippen molar-refractivity contribution in [1.29, 1.82) is 0 Å². The van der Waals surface area contributed by atoms with Gasteiger partial charge in [0.15, 0.2) is 6.29 Å². The van der Waals surface area contributed by atoms with E-state index >= 15 is 0 Å². The van der Waals surface area contributed by atoms with Gasteiger partial charge in [0.1, 0.15) is 0 Å². The lowest BCUT2D eigenvalue weighted by atomic mass is 10.2. The first-order valence-electron chi connectivity index (χ1n) is 5.95. The second-order valence-electron chi connectivity index (χ2n) is 4.53. The van der Waals surface area contributed by atoms with Crippen molar-refractivity contribution in [2.45, 2.75) is 39.3 Å². The maximum absolute atomic E-state index is 10.7. The van der Waals surface area contributed by atoms with E-state index < -0.39 is 0 Å². The maximum atomic E-state index is 10.7. The lowest BCUT2D eigenvalue weighted by Gasteiger charge is -2.20. The Morgan fingerprint density at radius 2 is 2.19 bits per heavy atom. The lowest BCUT2D eigenvalue weighted by Crippen LogP contribution is -2.27. The highest BCUT2D eigenvalue weighted by Crippen LogP contribution is 2.04. The molecule has 0 aliphatic heterocycles. The van der Waals surface area contributed by atoms with Gasteiger partial charge in [-0.2, -0.15) is 0 Å². The quantitative estimate of drug-likeness (QED) is 0.523. The molecule has 3 heteroatoms. The molecule has 0 atom stereocenters. The van der Waals surface area contributed by atoms with Crippen LogP contribution in [0.1, 0.15) is 37.2 Å². The predicted molar refractivity (Wildman–Crippen MR) is 66.8 cm³/mol. The third kappa shape index (κ3) is 3.81. The molecule has 0 amide bonds. The summed E-state index contributed by atoms with van der Waals surface area (Å²) in [6.45, 7) is 6.47. The highest BCUT2D eigenvalue weighted by atomic mass is 16.1. The van der Waals surface area contributed by atoms with E-state index in [0.717, 1.165) is 31.5 Å². The van der Waals surface area contributed by atoms with E-state index in [1.165, 1.54) is 6.42 Å². The monoisotopic (exact) mass is 222 g/mol. The molecule has 0 fully saturated rings. The normalized spacial score (nSPS) is 11.3. The number of carbonyl (C=O) groups is 1. The molecule has 0 unspecified atom stereocenters.